The summed E-state index contributed by atoms with van der Waals surface area (Å²) in [6, 6.07) is 6.28. The number of sulfonamides is 1. The van der Waals surface area contributed by atoms with E-state index in [1.807, 2.05) is 6.92 Å². The molecule has 0 atom stereocenters. The SMILES string of the molecule is C=C(C)CNc1ccc(S(N)(=O)=O)cc1. The fourth-order valence-corrected chi connectivity index (χ4v) is 1.53. The van der Waals surface area contributed by atoms with Crippen molar-refractivity contribution in [2.24, 2.45) is 5.14 Å². The van der Waals surface area contributed by atoms with E-state index in [2.05, 4.69) is 11.9 Å². The molecule has 0 spiro atoms. The minimum absolute atomic E-state index is 0.114. The molecule has 1 aromatic carbocycles. The zero-order chi connectivity index (χ0) is 11.5. The van der Waals surface area contributed by atoms with Gasteiger partial charge in [0.15, 0.2) is 0 Å². The summed E-state index contributed by atoms with van der Waals surface area (Å²) in [4.78, 5) is 0.114. The minimum atomic E-state index is -3.60. The van der Waals surface area contributed by atoms with Gasteiger partial charge in [-0.05, 0) is 31.2 Å². The summed E-state index contributed by atoms with van der Waals surface area (Å²) in [7, 11) is -3.60. The van der Waals surface area contributed by atoms with Crippen LogP contribution in [0.2, 0.25) is 0 Å². The number of nitrogens with one attached hydrogen (secondary N) is 1. The normalized spacial score (nSPS) is 11.1. The van der Waals surface area contributed by atoms with Gasteiger partial charge in [-0.25, -0.2) is 13.6 Å². The lowest BCUT2D eigenvalue weighted by Gasteiger charge is -2.06. The number of primary sulfonamides is 1. The first-order valence-electron chi connectivity index (χ1n) is 4.41. The Morgan fingerprint density at radius 1 is 1.40 bits per heavy atom. The summed E-state index contributed by atoms with van der Waals surface area (Å²) >= 11 is 0. The fraction of sp³-hybridized carbons (Fsp3) is 0.200. The maximum absolute atomic E-state index is 11.0. The van der Waals surface area contributed by atoms with E-state index in [0.29, 0.717) is 6.54 Å². The van der Waals surface area contributed by atoms with E-state index >= 15 is 0 Å². The quantitative estimate of drug-likeness (QED) is 0.760. The molecule has 0 aliphatic heterocycles. The van der Waals surface area contributed by atoms with Gasteiger partial charge in [-0.1, -0.05) is 12.2 Å². The highest BCUT2D eigenvalue weighted by Gasteiger charge is 2.05. The number of hydrogen-bond donors (Lipinski definition) is 2. The number of nitrogens with two attached hydrogens (primary N) is 1. The van der Waals surface area contributed by atoms with E-state index in [1.54, 1.807) is 12.1 Å². The van der Waals surface area contributed by atoms with Gasteiger partial charge in [-0.15, -0.1) is 0 Å². The van der Waals surface area contributed by atoms with Crippen molar-refractivity contribution in [1.29, 1.82) is 0 Å². The first-order chi connectivity index (χ1) is 6.89. The van der Waals surface area contributed by atoms with Crippen LogP contribution in [0.25, 0.3) is 0 Å². The zero-order valence-electron chi connectivity index (χ0n) is 8.53. The van der Waals surface area contributed by atoms with Crippen LogP contribution in [0.5, 0.6) is 0 Å². The van der Waals surface area contributed by atoms with Crippen molar-refractivity contribution in [1.82, 2.24) is 0 Å². The van der Waals surface area contributed by atoms with Crippen molar-refractivity contribution in [2.45, 2.75) is 11.8 Å². The third kappa shape index (κ3) is 3.73. The number of hydrogen-bond acceptors (Lipinski definition) is 3. The van der Waals surface area contributed by atoms with E-state index in [4.69, 9.17) is 5.14 Å². The summed E-state index contributed by atoms with van der Waals surface area (Å²) in [6.07, 6.45) is 0. The lowest BCUT2D eigenvalue weighted by Crippen LogP contribution is -2.12. The molecule has 0 aromatic heterocycles. The number of benzene rings is 1. The van der Waals surface area contributed by atoms with E-state index in [0.717, 1.165) is 11.3 Å². The van der Waals surface area contributed by atoms with Crippen LogP contribution >= 0.6 is 0 Å². The highest BCUT2D eigenvalue weighted by Crippen LogP contribution is 2.12. The van der Waals surface area contributed by atoms with Crippen LogP contribution in [0.3, 0.4) is 0 Å². The van der Waals surface area contributed by atoms with Gasteiger partial charge in [0.1, 0.15) is 0 Å². The molecule has 0 bridgehead atoms. The summed E-state index contributed by atoms with van der Waals surface area (Å²) in [5, 5.41) is 8.05. The van der Waals surface area contributed by atoms with Crippen molar-refractivity contribution < 1.29 is 8.42 Å². The predicted molar refractivity (Wildman–Crippen MR) is 61.1 cm³/mol. The molecule has 1 aromatic rings. The van der Waals surface area contributed by atoms with Crippen LogP contribution in [0.4, 0.5) is 5.69 Å². The van der Waals surface area contributed by atoms with Crippen LogP contribution in [-0.4, -0.2) is 15.0 Å². The molecule has 0 saturated carbocycles. The second-order valence-electron chi connectivity index (χ2n) is 3.38. The van der Waals surface area contributed by atoms with Gasteiger partial charge < -0.3 is 5.32 Å². The summed E-state index contributed by atoms with van der Waals surface area (Å²) in [6.45, 7) is 6.32. The van der Waals surface area contributed by atoms with E-state index in [-0.39, 0.29) is 4.90 Å². The molecule has 5 heteroatoms. The summed E-state index contributed by atoms with van der Waals surface area (Å²) < 4.78 is 21.9. The average Bonchev–Trinajstić information content (AvgIpc) is 2.14. The first kappa shape index (κ1) is 11.7. The van der Waals surface area contributed by atoms with Crippen LogP contribution < -0.4 is 10.5 Å². The lowest BCUT2D eigenvalue weighted by molar-refractivity contribution is 0.598. The van der Waals surface area contributed by atoms with Gasteiger partial charge in [0.05, 0.1) is 4.90 Å². The Labute approximate surface area is 89.9 Å². The van der Waals surface area contributed by atoms with Crippen LogP contribution in [0.15, 0.2) is 41.3 Å². The number of anilines is 1. The fourth-order valence-electron chi connectivity index (χ4n) is 1.02. The molecule has 0 saturated heterocycles. The molecule has 0 fully saturated rings. The van der Waals surface area contributed by atoms with Crippen molar-refractivity contribution >= 4 is 15.7 Å². The van der Waals surface area contributed by atoms with Crippen LogP contribution in [0, 0.1) is 0 Å². The molecule has 4 nitrogen and oxygen atoms in total. The van der Waals surface area contributed by atoms with Gasteiger partial charge in [0.25, 0.3) is 0 Å². The van der Waals surface area contributed by atoms with Gasteiger partial charge in [-0.2, -0.15) is 0 Å². The van der Waals surface area contributed by atoms with E-state index < -0.39 is 10.0 Å². The molecular weight excluding hydrogens is 212 g/mol. The Morgan fingerprint density at radius 3 is 2.33 bits per heavy atom. The van der Waals surface area contributed by atoms with Crippen molar-refractivity contribution in [3.05, 3.63) is 36.4 Å². The maximum Gasteiger partial charge on any atom is 0.238 e. The topological polar surface area (TPSA) is 72.2 Å². The smallest absolute Gasteiger partial charge is 0.238 e. The summed E-state index contributed by atoms with van der Waals surface area (Å²) in [5.74, 6) is 0. The monoisotopic (exact) mass is 226 g/mol. The lowest BCUT2D eigenvalue weighted by atomic mass is 10.3. The van der Waals surface area contributed by atoms with Crippen molar-refractivity contribution in [2.75, 3.05) is 11.9 Å². The number of rotatable bonds is 4. The van der Waals surface area contributed by atoms with Gasteiger partial charge >= 0.3 is 0 Å². The molecule has 0 radical (unpaired) electrons. The molecule has 3 N–H and O–H groups in total. The van der Waals surface area contributed by atoms with Gasteiger partial charge in [0.2, 0.25) is 10.0 Å². The van der Waals surface area contributed by atoms with Gasteiger partial charge in [0, 0.05) is 12.2 Å². The second kappa shape index (κ2) is 4.46. The average molecular weight is 226 g/mol. The molecule has 0 aliphatic rings. The van der Waals surface area contributed by atoms with E-state index in [9.17, 15) is 8.42 Å². The predicted octanol–water partition coefficient (Wildman–Crippen LogP) is 1.32. The Kier molecular flexibility index (Phi) is 3.49. The maximum atomic E-state index is 11.0. The Hall–Kier alpha value is -1.33. The standard InChI is InChI=1S/C10H14N2O2S/c1-8(2)7-12-9-3-5-10(6-4-9)15(11,13)14/h3-6,12H,1,7H2,2H3,(H2,11,13,14). The third-order valence-corrected chi connectivity index (χ3v) is 2.71. The minimum Gasteiger partial charge on any atom is -0.381 e. The Morgan fingerprint density at radius 2 is 1.93 bits per heavy atom. The van der Waals surface area contributed by atoms with Gasteiger partial charge in [-0.3, -0.25) is 0 Å². The molecular formula is C10H14N2O2S. The Bertz CT molecular complexity index is 449. The molecule has 0 aliphatic carbocycles. The van der Waals surface area contributed by atoms with Crippen molar-refractivity contribution in [3.63, 3.8) is 0 Å². The molecule has 82 valence electrons. The Balaban J connectivity index is 2.77. The zero-order valence-corrected chi connectivity index (χ0v) is 9.34. The van der Waals surface area contributed by atoms with Crippen molar-refractivity contribution in [3.8, 4) is 0 Å². The first-order valence-corrected chi connectivity index (χ1v) is 5.95. The molecule has 0 heterocycles. The van der Waals surface area contributed by atoms with Crippen LogP contribution in [0.1, 0.15) is 6.92 Å². The largest absolute Gasteiger partial charge is 0.381 e. The van der Waals surface area contributed by atoms with E-state index in [1.165, 1.54) is 12.1 Å². The highest BCUT2D eigenvalue weighted by atomic mass is 32.2. The second-order valence-corrected chi connectivity index (χ2v) is 4.94. The van der Waals surface area contributed by atoms with Crippen LogP contribution in [-0.2, 0) is 10.0 Å². The highest BCUT2D eigenvalue weighted by molar-refractivity contribution is 7.89. The summed E-state index contributed by atoms with van der Waals surface area (Å²) in [5.41, 5.74) is 1.84. The molecule has 0 unspecified atom stereocenters. The molecule has 15 heavy (non-hydrogen) atoms. The third-order valence-electron chi connectivity index (χ3n) is 1.78. The molecule has 1 rings (SSSR count). The molecule has 0 amide bonds.